The molecule has 0 bridgehead atoms. The van der Waals surface area contributed by atoms with E-state index in [1.807, 2.05) is 33.8 Å². The normalized spacial score (nSPS) is 31.5. The molecular weight excluding hydrogens is 1210 g/mol. The minimum atomic E-state index is -0.635. The number of esters is 2. The Morgan fingerprint density at radius 3 is 1.38 bits per heavy atom. The molecule has 546 valence electrons. The summed E-state index contributed by atoms with van der Waals surface area (Å²) < 4.78 is 58.0. The predicted octanol–water partition coefficient (Wildman–Crippen LogP) is 11.2. The molecule has 0 aromatic rings. The summed E-state index contributed by atoms with van der Waals surface area (Å²) in [5.74, 6) is 0.649. The number of carbonyl (C=O) groups is 3. The predicted molar refractivity (Wildman–Crippen MR) is 367 cm³/mol. The zero-order chi connectivity index (χ0) is 69.9. The summed E-state index contributed by atoms with van der Waals surface area (Å²) in [5, 5.41) is 53.1. The molecule has 94 heavy (non-hydrogen) atoms. The van der Waals surface area contributed by atoms with Crippen molar-refractivity contribution in [1.29, 1.82) is 0 Å². The quantitative estimate of drug-likeness (QED) is 0.0536. The van der Waals surface area contributed by atoms with Crippen LogP contribution in [0.1, 0.15) is 212 Å². The second-order valence-electron chi connectivity index (χ2n) is 24.3. The first-order valence-electron chi connectivity index (χ1n) is 35.8. The monoisotopic (exact) mass is 1340 g/mol. The second-order valence-corrected chi connectivity index (χ2v) is 24.3. The van der Waals surface area contributed by atoms with Crippen LogP contribution in [-0.2, 0) is 66.5 Å². The second kappa shape index (κ2) is 56.2. The molecule has 0 aliphatic carbocycles. The van der Waals surface area contributed by atoms with Crippen LogP contribution in [-0.4, -0.2) is 207 Å². The Morgan fingerprint density at radius 1 is 0.521 bits per heavy atom. The summed E-state index contributed by atoms with van der Waals surface area (Å²) in [4.78, 5) is 32.9. The van der Waals surface area contributed by atoms with Gasteiger partial charge in [-0.25, -0.2) is 4.79 Å². The van der Waals surface area contributed by atoms with Gasteiger partial charge in [0.15, 0.2) is 5.78 Å². The van der Waals surface area contributed by atoms with E-state index in [4.69, 9.17) is 77.6 Å². The number of aliphatic hydroxyl groups excluding tert-OH is 6. The smallest absolute Gasteiger partial charge is 0.330 e. The summed E-state index contributed by atoms with van der Waals surface area (Å²) in [6.45, 7) is 30.9. The molecule has 0 spiro atoms. The average Bonchev–Trinajstić information content (AvgIpc) is 3.42. The van der Waals surface area contributed by atoms with Crippen molar-refractivity contribution in [2.45, 2.75) is 291 Å². The topological polar surface area (TPSA) is 274 Å². The summed E-state index contributed by atoms with van der Waals surface area (Å²) in [6.07, 6.45) is 36.1. The highest BCUT2D eigenvalue weighted by molar-refractivity contribution is 5.83. The summed E-state index contributed by atoms with van der Waals surface area (Å²) in [5.41, 5.74) is 3.89. The first kappa shape index (κ1) is 88.3. The summed E-state index contributed by atoms with van der Waals surface area (Å²) in [6, 6.07) is 0. The van der Waals surface area contributed by atoms with Gasteiger partial charge in [-0.05, 0) is 152 Å². The van der Waals surface area contributed by atoms with Gasteiger partial charge < -0.3 is 82.7 Å². The van der Waals surface area contributed by atoms with E-state index in [2.05, 4.69) is 66.7 Å². The van der Waals surface area contributed by atoms with E-state index < -0.39 is 18.3 Å². The molecule has 9 aliphatic heterocycles. The van der Waals surface area contributed by atoms with Crippen molar-refractivity contribution in [1.82, 2.24) is 0 Å². The van der Waals surface area contributed by atoms with E-state index in [0.717, 1.165) is 161 Å². The minimum Gasteiger partial charge on any atom is -0.498 e. The Morgan fingerprint density at radius 2 is 0.989 bits per heavy atom. The Labute approximate surface area is 566 Å². The van der Waals surface area contributed by atoms with Gasteiger partial charge in [-0.3, -0.25) is 9.59 Å². The number of carbonyl (C=O) groups excluding carboxylic acids is 3. The van der Waals surface area contributed by atoms with Gasteiger partial charge in [0, 0.05) is 70.9 Å². The first-order chi connectivity index (χ1) is 45.4. The molecule has 20 heteroatoms. The van der Waals surface area contributed by atoms with Crippen molar-refractivity contribution in [3.63, 3.8) is 0 Å². The Balaban J connectivity index is 0.000000531. The van der Waals surface area contributed by atoms with Gasteiger partial charge in [0.2, 0.25) is 0 Å². The Kier molecular flexibility index (Phi) is 52.8. The molecule has 0 amide bonds. The largest absolute Gasteiger partial charge is 0.498 e. The molecule has 0 aromatic carbocycles. The molecule has 9 rings (SSSR count). The fourth-order valence-corrected chi connectivity index (χ4v) is 11.6. The van der Waals surface area contributed by atoms with Crippen LogP contribution in [0.25, 0.3) is 0 Å². The van der Waals surface area contributed by atoms with Crippen molar-refractivity contribution >= 4 is 17.7 Å². The zero-order valence-corrected chi connectivity index (χ0v) is 59.9. The van der Waals surface area contributed by atoms with Crippen LogP contribution in [0.4, 0.5) is 0 Å². The molecule has 0 radical (unpaired) electrons. The number of Topliss-reactive ketones (excluding diaryl/α,β-unsaturated/α-hetero) is 1. The fourth-order valence-electron chi connectivity index (χ4n) is 11.6. The van der Waals surface area contributed by atoms with Crippen molar-refractivity contribution in [2.75, 3.05) is 79.3 Å². The molecule has 6 fully saturated rings. The van der Waals surface area contributed by atoms with Crippen LogP contribution in [0.5, 0.6) is 0 Å². The molecule has 9 aliphatic rings. The number of hydrogen-bond donors (Lipinski definition) is 6. The van der Waals surface area contributed by atoms with E-state index in [9.17, 15) is 19.5 Å². The summed E-state index contributed by atoms with van der Waals surface area (Å²) in [7, 11) is 0. The highest BCUT2D eigenvalue weighted by Crippen LogP contribution is 2.26. The number of aliphatic hydroxyl groups is 6. The van der Waals surface area contributed by atoms with Crippen LogP contribution < -0.4 is 0 Å². The number of ketones is 1. The molecule has 6 N–H and O–H groups in total. The van der Waals surface area contributed by atoms with Gasteiger partial charge in [0.1, 0.15) is 36.6 Å². The molecule has 20 nitrogen and oxygen atoms in total. The van der Waals surface area contributed by atoms with Crippen LogP contribution in [0, 0.1) is 11.8 Å². The van der Waals surface area contributed by atoms with Crippen molar-refractivity contribution in [2.24, 2.45) is 11.8 Å². The van der Waals surface area contributed by atoms with Crippen LogP contribution in [0.2, 0.25) is 0 Å². The van der Waals surface area contributed by atoms with Crippen molar-refractivity contribution in [3.05, 3.63) is 71.6 Å². The van der Waals surface area contributed by atoms with E-state index in [1.54, 1.807) is 30.6 Å². The van der Waals surface area contributed by atoms with Crippen LogP contribution in [0.15, 0.2) is 71.6 Å². The van der Waals surface area contributed by atoms with Crippen molar-refractivity contribution in [3.8, 4) is 0 Å². The molecule has 0 saturated carbocycles. The zero-order valence-electron chi connectivity index (χ0n) is 59.9. The third-order valence-corrected chi connectivity index (χ3v) is 17.0. The first-order valence-corrected chi connectivity index (χ1v) is 35.8. The van der Waals surface area contributed by atoms with Crippen molar-refractivity contribution < 1.29 is 97.1 Å². The van der Waals surface area contributed by atoms with Crippen LogP contribution in [0.3, 0.4) is 0 Å². The van der Waals surface area contributed by atoms with Gasteiger partial charge >= 0.3 is 11.9 Å². The standard InChI is InChI=1S/C11H18O3.C10H16O3.C10H18O.C9H16O2.C8H14O.C7H14O2.C7H12O2.C6H12O3.C6H10O3/c1-3-10-9(6-5-7-14-10)8-11(12)13-4-2;1-4-9-7(2)10(5-6-12-9)13-8(3)11;1-3-6-9-7-5-8-11-10(9)4-2;1-2-9-8(5-6-10)4-3-7-11-9;1-3-8-7(2)5-4-6-9-8;2*1-2-7-6(8)4-3-5-9-7;2*7-4-6-5(8)2-1-3-9-6/h8,10H,3-7H2,1-2H3;5-7,9-10H,4H2,1-3H3;6,10H,3-5,7-8H2,1-2H3;5,9-10H,2-4,6-7H2,1H3;4-5,7-8H,3,6H2,1-2H3;6-8H,2-5H2,1H3;7H,2-5H2,1H3;5-8H,1-4H2;1-2,5-8H,3-4H2/t10-;7-,9-,10-;10-;9-;7-,8+;6-,7+;7-;2*5-,6+/m111100100/s1. The van der Waals surface area contributed by atoms with Gasteiger partial charge in [0.05, 0.1) is 88.6 Å². The molecular formula is C74H130O20. The maximum atomic E-state index is 11.2. The fraction of sp³-hybridized carbons (Fsp3) is 0.797. The van der Waals surface area contributed by atoms with Gasteiger partial charge in [-0.15, -0.1) is 0 Å². The highest BCUT2D eigenvalue weighted by atomic mass is 16.6. The van der Waals surface area contributed by atoms with E-state index in [1.165, 1.54) is 30.9 Å². The van der Waals surface area contributed by atoms with E-state index in [-0.39, 0.29) is 92.3 Å². The number of hydrogen-bond acceptors (Lipinski definition) is 20. The van der Waals surface area contributed by atoms with Crippen LogP contribution >= 0.6 is 0 Å². The Bertz CT molecular complexity index is 2030. The molecule has 6 saturated heterocycles. The maximum Gasteiger partial charge on any atom is 0.330 e. The van der Waals surface area contributed by atoms with E-state index in [0.29, 0.717) is 37.9 Å². The van der Waals surface area contributed by atoms with Gasteiger partial charge in [0.25, 0.3) is 0 Å². The maximum absolute atomic E-state index is 11.2. The minimum absolute atomic E-state index is 0.0683. The number of allylic oxidation sites excluding steroid dienone is 1. The third kappa shape index (κ3) is 37.9. The van der Waals surface area contributed by atoms with Gasteiger partial charge in [-0.1, -0.05) is 106 Å². The Hall–Kier alpha value is -3.71. The summed E-state index contributed by atoms with van der Waals surface area (Å²) >= 11 is 0. The molecule has 0 aromatic heterocycles. The molecule has 15 atom stereocenters. The van der Waals surface area contributed by atoms with E-state index >= 15 is 0 Å². The highest BCUT2D eigenvalue weighted by Gasteiger charge is 2.30. The molecule has 0 unspecified atom stereocenters. The lowest BCUT2D eigenvalue weighted by Crippen LogP contribution is -2.36. The lowest BCUT2D eigenvalue weighted by molar-refractivity contribution is -0.149. The SMILES string of the molecule is CCC=C1CCCO[C@@H]1CC.CCOC(=O)C=C1CCCO[C@@H]1CC.CC[C@H]1OC=C[C@@H](OC(C)=O)[C@@H]1C.CC[C@H]1OCC=C[C@@H]1C.CC[C@H]1OCCCC1=CCO.CC[C@H]1OCCCC1=O.CC[C@H]1OCCC[C@@H]1O.OC[C@H]1OCC=C[C@@H]1O.OC[C@H]1OCCC[C@@H]1O. The molecule has 9 heterocycles. The number of rotatable bonds is 14. The third-order valence-electron chi connectivity index (χ3n) is 17.0. The van der Waals surface area contributed by atoms with Gasteiger partial charge in [-0.2, -0.15) is 0 Å². The lowest BCUT2D eigenvalue weighted by atomic mass is 9.94. The number of ether oxygens (including phenoxy) is 11. The lowest BCUT2D eigenvalue weighted by Gasteiger charge is -2.31. The average molecular weight is 1340 g/mol.